The van der Waals surface area contributed by atoms with Crippen LogP contribution in [0.4, 0.5) is 9.18 Å². The Balaban J connectivity index is 1.21. The van der Waals surface area contributed by atoms with Crippen molar-refractivity contribution in [3.8, 4) is 5.75 Å². The average molecular weight is 374 g/mol. The van der Waals surface area contributed by atoms with Crippen molar-refractivity contribution < 1.29 is 18.4 Å². The number of ether oxygens (including phenoxy) is 1. The maximum atomic E-state index is 13.6. The standard InChI is InChI=1S/C19H23FN4O3/c20-15-8-4-5-9-16(15)26-14-11-24(12-14)19(25)21-10-17-22-18(23-27-17)13-6-2-1-3-7-13/h4-5,8-9,13-14H,1-3,6-7,10-12H2,(H,21,25). The number of aromatic nitrogens is 2. The lowest BCUT2D eigenvalue weighted by molar-refractivity contribution is 0.0415. The molecule has 2 heterocycles. The molecule has 1 N–H and O–H groups in total. The van der Waals surface area contributed by atoms with E-state index in [4.69, 9.17) is 9.26 Å². The average Bonchev–Trinajstić information content (AvgIpc) is 3.13. The Labute approximate surface area is 156 Å². The molecule has 0 atom stereocenters. The summed E-state index contributed by atoms with van der Waals surface area (Å²) in [6.07, 6.45) is 5.68. The van der Waals surface area contributed by atoms with Crippen LogP contribution in [0.3, 0.4) is 0 Å². The number of hydrogen-bond acceptors (Lipinski definition) is 5. The fourth-order valence-electron chi connectivity index (χ4n) is 3.53. The monoisotopic (exact) mass is 374 g/mol. The van der Waals surface area contributed by atoms with E-state index in [9.17, 15) is 9.18 Å². The summed E-state index contributed by atoms with van der Waals surface area (Å²) in [5.41, 5.74) is 0. The Morgan fingerprint density at radius 3 is 2.81 bits per heavy atom. The van der Waals surface area contributed by atoms with Crippen molar-refractivity contribution in [1.29, 1.82) is 0 Å². The van der Waals surface area contributed by atoms with Gasteiger partial charge in [-0.15, -0.1) is 0 Å². The lowest BCUT2D eigenvalue weighted by atomic mass is 9.89. The van der Waals surface area contributed by atoms with E-state index in [-0.39, 0.29) is 24.4 Å². The molecule has 1 aliphatic carbocycles. The second-order valence-electron chi connectivity index (χ2n) is 7.12. The van der Waals surface area contributed by atoms with Crippen molar-refractivity contribution in [1.82, 2.24) is 20.4 Å². The van der Waals surface area contributed by atoms with Crippen molar-refractivity contribution in [3.05, 3.63) is 41.8 Å². The van der Waals surface area contributed by atoms with Crippen molar-refractivity contribution in [3.63, 3.8) is 0 Å². The minimum absolute atomic E-state index is 0.200. The number of nitrogens with zero attached hydrogens (tertiary/aromatic N) is 3. The third-order valence-corrected chi connectivity index (χ3v) is 5.11. The maximum absolute atomic E-state index is 13.6. The molecule has 1 aromatic carbocycles. The van der Waals surface area contributed by atoms with Crippen LogP contribution in [0.25, 0.3) is 0 Å². The zero-order valence-corrected chi connectivity index (χ0v) is 15.1. The summed E-state index contributed by atoms with van der Waals surface area (Å²) in [6, 6.07) is 6.04. The quantitative estimate of drug-likeness (QED) is 0.869. The number of carbonyl (C=O) groups excluding carboxylic acids is 1. The molecule has 8 heteroatoms. The van der Waals surface area contributed by atoms with E-state index >= 15 is 0 Å². The Bertz CT molecular complexity index is 785. The van der Waals surface area contributed by atoms with Crippen LogP contribution < -0.4 is 10.1 Å². The van der Waals surface area contributed by atoms with E-state index < -0.39 is 5.82 Å². The number of likely N-dealkylation sites (tertiary alicyclic amines) is 1. The molecule has 1 saturated heterocycles. The third kappa shape index (κ3) is 4.20. The minimum Gasteiger partial charge on any atom is -0.484 e. The first-order valence-corrected chi connectivity index (χ1v) is 9.45. The first-order chi connectivity index (χ1) is 13.2. The highest BCUT2D eigenvalue weighted by Crippen LogP contribution is 2.30. The van der Waals surface area contributed by atoms with Gasteiger partial charge in [0.15, 0.2) is 17.4 Å². The largest absolute Gasteiger partial charge is 0.484 e. The number of nitrogens with one attached hydrogen (secondary N) is 1. The van der Waals surface area contributed by atoms with Gasteiger partial charge in [-0.3, -0.25) is 0 Å². The van der Waals surface area contributed by atoms with Gasteiger partial charge in [-0.2, -0.15) is 4.98 Å². The molecule has 2 aromatic rings. The van der Waals surface area contributed by atoms with Crippen LogP contribution >= 0.6 is 0 Å². The summed E-state index contributed by atoms with van der Waals surface area (Å²) in [5.74, 6) is 1.36. The van der Waals surface area contributed by atoms with E-state index in [2.05, 4.69) is 15.5 Å². The Morgan fingerprint density at radius 1 is 1.26 bits per heavy atom. The number of hydrogen-bond donors (Lipinski definition) is 1. The second-order valence-corrected chi connectivity index (χ2v) is 7.12. The second kappa shape index (κ2) is 7.94. The molecule has 0 spiro atoms. The van der Waals surface area contributed by atoms with Crippen molar-refractivity contribution in [2.24, 2.45) is 0 Å². The van der Waals surface area contributed by atoms with Gasteiger partial charge in [-0.1, -0.05) is 36.6 Å². The van der Waals surface area contributed by atoms with Gasteiger partial charge in [-0.05, 0) is 25.0 Å². The Morgan fingerprint density at radius 2 is 2.04 bits per heavy atom. The number of para-hydroxylation sites is 1. The van der Waals surface area contributed by atoms with Gasteiger partial charge in [0.25, 0.3) is 0 Å². The summed E-state index contributed by atoms with van der Waals surface area (Å²) in [6.45, 7) is 1.03. The van der Waals surface area contributed by atoms with Crippen LogP contribution in [0.5, 0.6) is 5.75 Å². The molecule has 2 fully saturated rings. The van der Waals surface area contributed by atoms with Crippen LogP contribution in [-0.4, -0.2) is 40.3 Å². The highest BCUT2D eigenvalue weighted by Gasteiger charge is 2.33. The molecule has 7 nitrogen and oxygen atoms in total. The molecule has 0 radical (unpaired) electrons. The molecule has 2 aliphatic rings. The first kappa shape index (κ1) is 17.8. The third-order valence-electron chi connectivity index (χ3n) is 5.11. The first-order valence-electron chi connectivity index (χ1n) is 9.45. The van der Waals surface area contributed by atoms with Gasteiger partial charge in [0.1, 0.15) is 6.10 Å². The SMILES string of the molecule is O=C(NCc1nc(C2CCCCC2)no1)N1CC(Oc2ccccc2F)C1. The zero-order chi connectivity index (χ0) is 18.6. The summed E-state index contributed by atoms with van der Waals surface area (Å²) in [7, 11) is 0. The van der Waals surface area contributed by atoms with E-state index in [0.717, 1.165) is 18.7 Å². The molecule has 1 aliphatic heterocycles. The molecule has 2 amide bonds. The van der Waals surface area contributed by atoms with Crippen molar-refractivity contribution >= 4 is 6.03 Å². The van der Waals surface area contributed by atoms with Crippen LogP contribution in [-0.2, 0) is 6.54 Å². The maximum Gasteiger partial charge on any atom is 0.318 e. The van der Waals surface area contributed by atoms with Gasteiger partial charge in [0.05, 0.1) is 19.6 Å². The van der Waals surface area contributed by atoms with E-state index in [1.807, 2.05) is 0 Å². The van der Waals surface area contributed by atoms with E-state index in [0.29, 0.717) is 24.9 Å². The van der Waals surface area contributed by atoms with Gasteiger partial charge < -0.3 is 19.5 Å². The molecule has 4 rings (SSSR count). The van der Waals surface area contributed by atoms with Gasteiger partial charge in [0.2, 0.25) is 5.89 Å². The van der Waals surface area contributed by atoms with Crippen LogP contribution in [0.15, 0.2) is 28.8 Å². The van der Waals surface area contributed by atoms with E-state index in [1.54, 1.807) is 23.1 Å². The minimum atomic E-state index is -0.398. The molecule has 27 heavy (non-hydrogen) atoms. The molecule has 144 valence electrons. The number of urea groups is 1. The topological polar surface area (TPSA) is 80.5 Å². The zero-order valence-electron chi connectivity index (χ0n) is 15.1. The number of amides is 2. The molecular weight excluding hydrogens is 351 g/mol. The fourth-order valence-corrected chi connectivity index (χ4v) is 3.53. The van der Waals surface area contributed by atoms with Crippen LogP contribution in [0, 0.1) is 5.82 Å². The smallest absolute Gasteiger partial charge is 0.318 e. The summed E-state index contributed by atoms with van der Waals surface area (Å²) in [5, 5.41) is 6.83. The van der Waals surface area contributed by atoms with Gasteiger partial charge in [-0.25, -0.2) is 9.18 Å². The van der Waals surface area contributed by atoms with Gasteiger partial charge >= 0.3 is 6.03 Å². The lowest BCUT2D eigenvalue weighted by Gasteiger charge is -2.38. The predicted molar refractivity (Wildman–Crippen MR) is 94.7 cm³/mol. The predicted octanol–water partition coefficient (Wildman–Crippen LogP) is 3.23. The number of halogens is 1. The highest BCUT2D eigenvalue weighted by molar-refractivity contribution is 5.75. The molecule has 1 aromatic heterocycles. The molecule has 1 saturated carbocycles. The van der Waals surface area contributed by atoms with Crippen LogP contribution in [0.1, 0.15) is 49.7 Å². The molecule has 0 unspecified atom stereocenters. The Hall–Kier alpha value is -2.64. The summed E-state index contributed by atoms with van der Waals surface area (Å²) in [4.78, 5) is 18.2. The Kier molecular flexibility index (Phi) is 5.22. The number of carbonyl (C=O) groups is 1. The lowest BCUT2D eigenvalue weighted by Crippen LogP contribution is -2.58. The fraction of sp³-hybridized carbons (Fsp3) is 0.526. The molecule has 0 bridgehead atoms. The van der Waals surface area contributed by atoms with Crippen molar-refractivity contribution in [2.45, 2.75) is 50.7 Å². The summed E-state index contributed by atoms with van der Waals surface area (Å²) < 4.78 is 24.4. The van der Waals surface area contributed by atoms with E-state index in [1.165, 1.54) is 25.3 Å². The highest BCUT2D eigenvalue weighted by atomic mass is 19.1. The van der Waals surface area contributed by atoms with Crippen LogP contribution in [0.2, 0.25) is 0 Å². The summed E-state index contributed by atoms with van der Waals surface area (Å²) >= 11 is 0. The number of benzene rings is 1. The molecular formula is C19H23FN4O3. The normalized spacial score (nSPS) is 18.2. The van der Waals surface area contributed by atoms with Gasteiger partial charge in [0, 0.05) is 5.92 Å². The number of rotatable bonds is 5. The van der Waals surface area contributed by atoms with Crippen molar-refractivity contribution in [2.75, 3.05) is 13.1 Å².